The second-order valence-corrected chi connectivity index (χ2v) is 3.84. The van der Waals surface area contributed by atoms with Gasteiger partial charge in [-0.15, -0.1) is 0 Å². The Labute approximate surface area is 91.2 Å². The van der Waals surface area contributed by atoms with Crippen molar-refractivity contribution in [1.82, 2.24) is 0 Å². The highest BCUT2D eigenvalue weighted by molar-refractivity contribution is 7.80. The molecule has 1 nitrogen and oxygen atoms in total. The van der Waals surface area contributed by atoms with Crippen LogP contribution in [0.1, 0.15) is 11.1 Å². The van der Waals surface area contributed by atoms with Gasteiger partial charge in [0.25, 0.3) is 0 Å². The third-order valence-electron chi connectivity index (χ3n) is 1.86. The molecule has 0 amide bonds. The Balaban J connectivity index is 2.63. The van der Waals surface area contributed by atoms with Crippen molar-refractivity contribution >= 4 is 12.6 Å². The number of thiol groups is 1. The zero-order valence-corrected chi connectivity index (χ0v) is 9.60. The van der Waals surface area contributed by atoms with E-state index in [-0.39, 0.29) is 0 Å². The summed E-state index contributed by atoms with van der Waals surface area (Å²) in [5, 5.41) is 0. The van der Waals surface area contributed by atoms with Crippen LogP contribution in [-0.2, 0) is 0 Å². The summed E-state index contributed by atoms with van der Waals surface area (Å²) in [6, 6.07) is 6.18. The molecule has 1 aromatic carbocycles. The monoisotopic (exact) mass is 208 g/mol. The summed E-state index contributed by atoms with van der Waals surface area (Å²) in [7, 11) is 0. The molecule has 0 heterocycles. The van der Waals surface area contributed by atoms with Crippen molar-refractivity contribution in [1.29, 1.82) is 0 Å². The van der Waals surface area contributed by atoms with Gasteiger partial charge in [0.15, 0.2) is 0 Å². The summed E-state index contributed by atoms with van der Waals surface area (Å²) >= 11 is 4.12. The van der Waals surface area contributed by atoms with E-state index in [4.69, 9.17) is 4.74 Å². The lowest BCUT2D eigenvalue weighted by Crippen LogP contribution is -2.01. The van der Waals surface area contributed by atoms with Gasteiger partial charge in [-0.2, -0.15) is 12.6 Å². The molecule has 1 aromatic rings. The Morgan fingerprint density at radius 3 is 2.36 bits per heavy atom. The van der Waals surface area contributed by atoms with Gasteiger partial charge in [-0.25, -0.2) is 0 Å². The van der Waals surface area contributed by atoms with E-state index in [2.05, 4.69) is 39.1 Å². The van der Waals surface area contributed by atoms with Crippen LogP contribution in [0.15, 0.2) is 30.4 Å². The first kappa shape index (κ1) is 11.2. The van der Waals surface area contributed by atoms with E-state index < -0.39 is 0 Å². The van der Waals surface area contributed by atoms with Crippen molar-refractivity contribution in [2.75, 3.05) is 12.4 Å². The summed E-state index contributed by atoms with van der Waals surface area (Å²) in [6.45, 7) is 8.51. The summed E-state index contributed by atoms with van der Waals surface area (Å²) < 4.78 is 5.57. The molecular formula is C12H16OS. The fraction of sp³-hybridized carbons (Fsp3) is 0.333. The van der Waals surface area contributed by atoms with Gasteiger partial charge in [-0.05, 0) is 42.7 Å². The normalized spacial score (nSPS) is 9.93. The van der Waals surface area contributed by atoms with Crippen molar-refractivity contribution in [3.8, 4) is 5.75 Å². The van der Waals surface area contributed by atoms with Gasteiger partial charge in [-0.1, -0.05) is 12.6 Å². The molecular weight excluding hydrogens is 192 g/mol. The minimum absolute atomic E-state index is 0.548. The van der Waals surface area contributed by atoms with Crippen molar-refractivity contribution < 1.29 is 4.74 Å². The maximum atomic E-state index is 5.57. The van der Waals surface area contributed by atoms with Gasteiger partial charge in [0.2, 0.25) is 0 Å². The molecule has 1 rings (SSSR count). The highest BCUT2D eigenvalue weighted by Gasteiger charge is 1.97. The van der Waals surface area contributed by atoms with Gasteiger partial charge in [-0.3, -0.25) is 0 Å². The second-order valence-electron chi connectivity index (χ2n) is 3.52. The molecule has 0 atom stereocenters. The van der Waals surface area contributed by atoms with Crippen molar-refractivity contribution in [2.24, 2.45) is 0 Å². The number of ether oxygens (including phenoxy) is 1. The lowest BCUT2D eigenvalue weighted by Gasteiger charge is -2.08. The van der Waals surface area contributed by atoms with E-state index in [1.807, 2.05) is 12.1 Å². The highest BCUT2D eigenvalue weighted by atomic mass is 32.1. The molecule has 0 spiro atoms. The molecule has 0 saturated carbocycles. The van der Waals surface area contributed by atoms with Crippen LogP contribution in [-0.4, -0.2) is 12.4 Å². The van der Waals surface area contributed by atoms with Gasteiger partial charge < -0.3 is 4.74 Å². The average Bonchev–Trinajstić information content (AvgIpc) is 2.12. The van der Waals surface area contributed by atoms with Crippen LogP contribution in [0.4, 0.5) is 0 Å². The van der Waals surface area contributed by atoms with Crippen LogP contribution in [0, 0.1) is 13.8 Å². The summed E-state index contributed by atoms with van der Waals surface area (Å²) in [4.78, 5) is 0. The second kappa shape index (κ2) is 5.11. The van der Waals surface area contributed by atoms with Crippen LogP contribution in [0.25, 0.3) is 0 Å². The van der Waals surface area contributed by atoms with Crippen LogP contribution in [0.5, 0.6) is 5.75 Å². The molecule has 0 unspecified atom stereocenters. The van der Waals surface area contributed by atoms with E-state index in [1.165, 1.54) is 11.1 Å². The van der Waals surface area contributed by atoms with Crippen LogP contribution >= 0.6 is 12.6 Å². The van der Waals surface area contributed by atoms with Gasteiger partial charge in [0.1, 0.15) is 12.4 Å². The highest BCUT2D eigenvalue weighted by Crippen LogP contribution is 2.16. The number of rotatable bonds is 4. The fourth-order valence-corrected chi connectivity index (χ4v) is 1.34. The lowest BCUT2D eigenvalue weighted by molar-refractivity contribution is 0.353. The molecule has 0 aromatic heterocycles. The van der Waals surface area contributed by atoms with Gasteiger partial charge in [0.05, 0.1) is 0 Å². The third-order valence-corrected chi connectivity index (χ3v) is 2.31. The van der Waals surface area contributed by atoms with E-state index in [0.29, 0.717) is 12.4 Å². The quantitative estimate of drug-likeness (QED) is 0.590. The Bertz CT molecular complexity index is 311. The topological polar surface area (TPSA) is 9.23 Å². The summed E-state index contributed by atoms with van der Waals surface area (Å²) in [6.07, 6.45) is 0. The Morgan fingerprint density at radius 2 is 1.86 bits per heavy atom. The van der Waals surface area contributed by atoms with E-state index >= 15 is 0 Å². The smallest absolute Gasteiger partial charge is 0.120 e. The molecule has 0 N–H and O–H groups in total. The Hall–Kier alpha value is -0.890. The first-order valence-electron chi connectivity index (χ1n) is 4.60. The largest absolute Gasteiger partial charge is 0.489 e. The molecule has 2 heteroatoms. The zero-order valence-electron chi connectivity index (χ0n) is 8.71. The molecule has 0 radical (unpaired) electrons. The van der Waals surface area contributed by atoms with Crippen LogP contribution < -0.4 is 4.74 Å². The zero-order chi connectivity index (χ0) is 10.6. The molecule has 0 fully saturated rings. The first-order chi connectivity index (χ1) is 6.61. The fourth-order valence-electron chi connectivity index (χ4n) is 1.25. The molecule has 76 valence electrons. The summed E-state index contributed by atoms with van der Waals surface area (Å²) in [5.74, 6) is 1.58. The van der Waals surface area contributed by atoms with Crippen molar-refractivity contribution in [2.45, 2.75) is 13.8 Å². The molecule has 0 aliphatic rings. The van der Waals surface area contributed by atoms with E-state index in [0.717, 1.165) is 11.3 Å². The minimum Gasteiger partial charge on any atom is -0.489 e. The minimum atomic E-state index is 0.548. The first-order valence-corrected chi connectivity index (χ1v) is 5.23. The molecule has 14 heavy (non-hydrogen) atoms. The predicted octanol–water partition coefficient (Wildman–Crippen LogP) is 3.17. The number of benzene rings is 1. The Morgan fingerprint density at radius 1 is 1.29 bits per heavy atom. The molecule has 0 aliphatic heterocycles. The maximum Gasteiger partial charge on any atom is 0.120 e. The average molecular weight is 208 g/mol. The van der Waals surface area contributed by atoms with Crippen molar-refractivity contribution in [3.05, 3.63) is 41.5 Å². The van der Waals surface area contributed by atoms with Gasteiger partial charge >= 0.3 is 0 Å². The summed E-state index contributed by atoms with van der Waals surface area (Å²) in [5.41, 5.74) is 3.43. The molecule has 0 aliphatic carbocycles. The van der Waals surface area contributed by atoms with Crippen LogP contribution in [0.2, 0.25) is 0 Å². The SMILES string of the molecule is C=C(CS)COc1cc(C)cc(C)c1. The van der Waals surface area contributed by atoms with Crippen LogP contribution in [0.3, 0.4) is 0 Å². The standard InChI is InChI=1S/C12H16OS/c1-9-4-10(2)6-12(5-9)13-7-11(3)8-14/h4-6,14H,3,7-8H2,1-2H3. The van der Waals surface area contributed by atoms with E-state index in [1.54, 1.807) is 0 Å². The van der Waals surface area contributed by atoms with Gasteiger partial charge in [0, 0.05) is 5.75 Å². The number of hydrogen-bond donors (Lipinski definition) is 1. The number of hydrogen-bond acceptors (Lipinski definition) is 2. The molecule has 0 bridgehead atoms. The van der Waals surface area contributed by atoms with Crippen molar-refractivity contribution in [3.63, 3.8) is 0 Å². The van der Waals surface area contributed by atoms with E-state index in [9.17, 15) is 0 Å². The maximum absolute atomic E-state index is 5.57. The molecule has 0 saturated heterocycles. The lowest BCUT2D eigenvalue weighted by atomic mass is 10.1. The third kappa shape index (κ3) is 3.46. The Kier molecular flexibility index (Phi) is 4.08. The number of aryl methyl sites for hydroxylation is 2. The predicted molar refractivity (Wildman–Crippen MR) is 64.4 cm³/mol.